The van der Waals surface area contributed by atoms with E-state index in [1.54, 1.807) is 10.7 Å². The topological polar surface area (TPSA) is 52.2 Å². The van der Waals surface area contributed by atoms with Gasteiger partial charge in [0.05, 0.1) is 6.20 Å². The highest BCUT2D eigenvalue weighted by molar-refractivity contribution is 14.1. The van der Waals surface area contributed by atoms with Gasteiger partial charge in [-0.1, -0.05) is 19.3 Å². The first-order chi connectivity index (χ1) is 9.16. The summed E-state index contributed by atoms with van der Waals surface area (Å²) in [6.45, 7) is 2.70. The van der Waals surface area contributed by atoms with Crippen molar-refractivity contribution in [2.45, 2.75) is 45.6 Å². The summed E-state index contributed by atoms with van der Waals surface area (Å²) < 4.78 is 4.19. The Morgan fingerprint density at radius 3 is 2.84 bits per heavy atom. The second-order valence-electron chi connectivity index (χ2n) is 5.29. The van der Waals surface area contributed by atoms with Crippen LogP contribution in [0.2, 0.25) is 0 Å². The minimum absolute atomic E-state index is 0.0356. The summed E-state index contributed by atoms with van der Waals surface area (Å²) in [4.78, 5) is 16.7. The first-order valence-corrected chi connectivity index (χ1v) is 7.85. The average Bonchev–Trinajstić information content (AvgIpc) is 2.78. The van der Waals surface area contributed by atoms with E-state index in [4.69, 9.17) is 0 Å². The molecule has 2 aromatic rings. The van der Waals surface area contributed by atoms with E-state index in [-0.39, 0.29) is 5.56 Å². The van der Waals surface area contributed by atoms with E-state index >= 15 is 0 Å². The van der Waals surface area contributed by atoms with Gasteiger partial charge in [0, 0.05) is 29.1 Å². The zero-order valence-corrected chi connectivity index (χ0v) is 13.1. The Morgan fingerprint density at radius 2 is 2.11 bits per heavy atom. The van der Waals surface area contributed by atoms with Gasteiger partial charge in [-0.05, 0) is 25.7 Å². The Balaban J connectivity index is 2.00. The van der Waals surface area contributed by atoms with Crippen molar-refractivity contribution >= 4 is 28.1 Å². The third kappa shape index (κ3) is 2.42. The summed E-state index contributed by atoms with van der Waals surface area (Å²) >= 11 is 2.09. The van der Waals surface area contributed by atoms with Crippen molar-refractivity contribution in [2.75, 3.05) is 0 Å². The molecule has 1 aliphatic carbocycles. The van der Waals surface area contributed by atoms with Crippen LogP contribution in [0.4, 0.5) is 0 Å². The minimum atomic E-state index is 0.0356. The normalized spacial score (nSPS) is 17.2. The molecular formula is C13H17IN4O. The molecule has 3 rings (SSSR count). The van der Waals surface area contributed by atoms with Crippen LogP contribution in [-0.4, -0.2) is 19.2 Å². The zero-order valence-electron chi connectivity index (χ0n) is 11.0. The smallest absolute Gasteiger partial charge is 0.279 e. The Labute approximate surface area is 125 Å². The number of nitrogens with zero attached hydrogens (tertiary/aromatic N) is 4. The van der Waals surface area contributed by atoms with Gasteiger partial charge in [0.25, 0.3) is 5.56 Å². The van der Waals surface area contributed by atoms with E-state index < -0.39 is 0 Å². The van der Waals surface area contributed by atoms with Crippen molar-refractivity contribution in [3.05, 3.63) is 26.2 Å². The van der Waals surface area contributed by atoms with Gasteiger partial charge in [-0.3, -0.25) is 9.36 Å². The van der Waals surface area contributed by atoms with Gasteiger partial charge in [-0.15, -0.1) is 0 Å². The Kier molecular flexibility index (Phi) is 3.60. The Morgan fingerprint density at radius 1 is 1.37 bits per heavy atom. The lowest BCUT2D eigenvalue weighted by molar-refractivity contribution is 0.311. The lowest BCUT2D eigenvalue weighted by Crippen LogP contribution is -2.29. The Bertz CT molecular complexity index is 654. The second-order valence-corrected chi connectivity index (χ2v) is 6.26. The highest BCUT2D eigenvalue weighted by Gasteiger charge is 2.17. The fraction of sp³-hybridized carbons (Fsp3) is 0.615. The zero-order chi connectivity index (χ0) is 13.4. The maximum Gasteiger partial charge on any atom is 0.279 e. The molecule has 0 saturated heterocycles. The van der Waals surface area contributed by atoms with Gasteiger partial charge in [-0.2, -0.15) is 5.10 Å². The first-order valence-electron chi connectivity index (χ1n) is 6.77. The van der Waals surface area contributed by atoms with Gasteiger partial charge in [-0.25, -0.2) is 9.50 Å². The van der Waals surface area contributed by atoms with Crippen LogP contribution >= 0.6 is 22.6 Å². The van der Waals surface area contributed by atoms with Gasteiger partial charge < -0.3 is 0 Å². The minimum Gasteiger partial charge on any atom is -0.293 e. The van der Waals surface area contributed by atoms with Crippen LogP contribution < -0.4 is 5.56 Å². The summed E-state index contributed by atoms with van der Waals surface area (Å²) in [5, 5.41) is 4.47. The summed E-state index contributed by atoms with van der Waals surface area (Å²) in [6, 6.07) is 0. The van der Waals surface area contributed by atoms with Crippen LogP contribution in [0.15, 0.2) is 11.0 Å². The van der Waals surface area contributed by atoms with E-state index in [9.17, 15) is 4.79 Å². The molecule has 19 heavy (non-hydrogen) atoms. The van der Waals surface area contributed by atoms with Crippen molar-refractivity contribution in [3.63, 3.8) is 0 Å². The maximum absolute atomic E-state index is 12.5. The van der Waals surface area contributed by atoms with Gasteiger partial charge in [0.1, 0.15) is 5.82 Å². The number of imidazole rings is 1. The molecule has 1 fully saturated rings. The molecule has 0 spiro atoms. The number of aromatic nitrogens is 4. The number of aryl methyl sites for hydroxylation is 1. The van der Waals surface area contributed by atoms with Crippen molar-refractivity contribution in [2.24, 2.45) is 5.92 Å². The van der Waals surface area contributed by atoms with Crippen molar-refractivity contribution in [1.29, 1.82) is 0 Å². The third-order valence-electron chi connectivity index (χ3n) is 3.96. The van der Waals surface area contributed by atoms with E-state index in [0.29, 0.717) is 11.4 Å². The summed E-state index contributed by atoms with van der Waals surface area (Å²) in [6.07, 6.45) is 8.00. The summed E-state index contributed by atoms with van der Waals surface area (Å²) in [7, 11) is 0. The van der Waals surface area contributed by atoms with Crippen LogP contribution in [0.25, 0.3) is 5.52 Å². The lowest BCUT2D eigenvalue weighted by Gasteiger charge is -2.23. The number of rotatable bonds is 2. The second kappa shape index (κ2) is 5.22. The molecule has 0 amide bonds. The molecule has 0 aliphatic heterocycles. The Hall–Kier alpha value is -0.920. The van der Waals surface area contributed by atoms with E-state index in [1.807, 2.05) is 11.5 Å². The van der Waals surface area contributed by atoms with Crippen LogP contribution in [0, 0.1) is 16.7 Å². The van der Waals surface area contributed by atoms with Crippen molar-refractivity contribution in [1.82, 2.24) is 19.2 Å². The predicted octanol–water partition coefficient (Wildman–Crippen LogP) is 2.38. The molecule has 1 saturated carbocycles. The van der Waals surface area contributed by atoms with E-state index in [1.165, 1.54) is 32.1 Å². The van der Waals surface area contributed by atoms with Gasteiger partial charge in [0.15, 0.2) is 9.35 Å². The van der Waals surface area contributed by atoms with Gasteiger partial charge >= 0.3 is 0 Å². The molecule has 0 radical (unpaired) electrons. The fourth-order valence-corrected chi connectivity index (χ4v) is 3.40. The first kappa shape index (κ1) is 13.1. The van der Waals surface area contributed by atoms with Crippen LogP contribution in [0.3, 0.4) is 0 Å². The number of hydrogen-bond donors (Lipinski definition) is 0. The molecule has 0 unspecified atom stereocenters. The van der Waals surface area contributed by atoms with Gasteiger partial charge in [0.2, 0.25) is 0 Å². The molecule has 102 valence electrons. The average molecular weight is 372 g/mol. The standard InChI is InChI=1S/C13H17IN4O/c1-9-16-18-11(7-15-13(18)14)12(19)17(9)8-10-5-3-2-4-6-10/h7,10H,2-6,8H2,1H3. The number of halogens is 1. The molecule has 0 aromatic carbocycles. The highest BCUT2D eigenvalue weighted by Crippen LogP contribution is 2.24. The molecule has 0 bridgehead atoms. The van der Waals surface area contributed by atoms with E-state index in [0.717, 1.165) is 16.2 Å². The predicted molar refractivity (Wildman–Crippen MR) is 81.3 cm³/mol. The SMILES string of the molecule is Cc1nn2c(I)ncc2c(=O)n1CC1CCCCC1. The number of fused-ring (bicyclic) bond motifs is 1. The fourth-order valence-electron chi connectivity index (χ4n) is 2.89. The van der Waals surface area contributed by atoms with Crippen molar-refractivity contribution in [3.8, 4) is 0 Å². The maximum atomic E-state index is 12.5. The van der Waals surface area contributed by atoms with E-state index in [2.05, 4.69) is 32.7 Å². The molecule has 1 aliphatic rings. The molecule has 5 nitrogen and oxygen atoms in total. The summed E-state index contributed by atoms with van der Waals surface area (Å²) in [5.74, 6) is 1.40. The quantitative estimate of drug-likeness (QED) is 0.761. The van der Waals surface area contributed by atoms with Crippen molar-refractivity contribution < 1.29 is 0 Å². The molecule has 0 atom stereocenters. The lowest BCUT2D eigenvalue weighted by atomic mass is 9.89. The highest BCUT2D eigenvalue weighted by atomic mass is 127. The number of hydrogen-bond acceptors (Lipinski definition) is 3. The summed E-state index contributed by atoms with van der Waals surface area (Å²) in [5.41, 5.74) is 0.610. The molecule has 2 aromatic heterocycles. The van der Waals surface area contributed by atoms with Crippen LogP contribution in [0.1, 0.15) is 37.9 Å². The third-order valence-corrected chi connectivity index (χ3v) is 4.70. The van der Waals surface area contributed by atoms with Crippen LogP contribution in [-0.2, 0) is 6.54 Å². The molecule has 0 N–H and O–H groups in total. The molecule has 2 heterocycles. The largest absolute Gasteiger partial charge is 0.293 e. The monoisotopic (exact) mass is 372 g/mol. The molecular weight excluding hydrogens is 355 g/mol. The molecule has 6 heteroatoms. The van der Waals surface area contributed by atoms with Crippen LogP contribution in [0.5, 0.6) is 0 Å².